The van der Waals surface area contributed by atoms with Crippen LogP contribution in [0.3, 0.4) is 0 Å². The molecule has 0 amide bonds. The molecule has 0 spiro atoms. The van der Waals surface area contributed by atoms with Crippen LogP contribution in [0.15, 0.2) is 36.4 Å². The summed E-state index contributed by atoms with van der Waals surface area (Å²) in [4.78, 5) is 4.41. The van der Waals surface area contributed by atoms with E-state index in [-0.39, 0.29) is 0 Å². The number of nitrogens with zero attached hydrogens (tertiary/aromatic N) is 2. The van der Waals surface area contributed by atoms with Crippen LogP contribution in [0.2, 0.25) is 0 Å². The summed E-state index contributed by atoms with van der Waals surface area (Å²) in [6.07, 6.45) is 0. The monoisotopic (exact) mass is 223 g/mol. The van der Waals surface area contributed by atoms with Gasteiger partial charge < -0.3 is 5.32 Å². The third-order valence-corrected chi connectivity index (χ3v) is 2.66. The third-order valence-electron chi connectivity index (χ3n) is 2.66. The maximum atomic E-state index is 9.08. The lowest BCUT2D eigenvalue weighted by Crippen LogP contribution is -1.99. The van der Waals surface area contributed by atoms with E-state index in [2.05, 4.69) is 16.4 Å². The molecule has 0 aliphatic carbocycles. The van der Waals surface area contributed by atoms with E-state index in [0.717, 1.165) is 16.8 Å². The number of pyridine rings is 1. The highest BCUT2D eigenvalue weighted by atomic mass is 15.0. The lowest BCUT2D eigenvalue weighted by Gasteiger charge is -2.09. The Morgan fingerprint density at radius 1 is 1.24 bits per heavy atom. The molecular weight excluding hydrogens is 210 g/mol. The van der Waals surface area contributed by atoms with Crippen molar-refractivity contribution in [1.29, 1.82) is 5.26 Å². The molecule has 1 N–H and O–H groups in total. The van der Waals surface area contributed by atoms with Gasteiger partial charge in [-0.05, 0) is 18.6 Å². The van der Waals surface area contributed by atoms with Gasteiger partial charge in [-0.1, -0.05) is 30.3 Å². The number of rotatable bonds is 2. The second-order valence-corrected chi connectivity index (χ2v) is 3.75. The number of nitrogens with one attached hydrogen (secondary N) is 1. The van der Waals surface area contributed by atoms with E-state index in [9.17, 15) is 0 Å². The van der Waals surface area contributed by atoms with Crippen molar-refractivity contribution in [3.05, 3.63) is 47.7 Å². The predicted molar refractivity (Wildman–Crippen MR) is 68.7 cm³/mol. The second kappa shape index (κ2) is 4.67. The van der Waals surface area contributed by atoms with Crippen molar-refractivity contribution in [2.75, 3.05) is 12.4 Å². The Kier molecular flexibility index (Phi) is 3.06. The van der Waals surface area contributed by atoms with Crippen LogP contribution in [0.1, 0.15) is 11.3 Å². The average molecular weight is 223 g/mol. The topological polar surface area (TPSA) is 48.7 Å². The minimum absolute atomic E-state index is 0.567. The average Bonchev–Trinajstić information content (AvgIpc) is 2.39. The molecule has 1 aromatic heterocycles. The zero-order chi connectivity index (χ0) is 12.3. The van der Waals surface area contributed by atoms with Crippen LogP contribution in [-0.4, -0.2) is 12.0 Å². The highest BCUT2D eigenvalue weighted by Crippen LogP contribution is 2.25. The first kappa shape index (κ1) is 11.2. The van der Waals surface area contributed by atoms with Crippen molar-refractivity contribution in [1.82, 2.24) is 4.98 Å². The summed E-state index contributed by atoms with van der Waals surface area (Å²) < 4.78 is 0. The molecule has 3 heteroatoms. The highest BCUT2D eigenvalue weighted by Gasteiger charge is 2.09. The van der Waals surface area contributed by atoms with Gasteiger partial charge in [-0.15, -0.1) is 0 Å². The van der Waals surface area contributed by atoms with Crippen LogP contribution in [0.4, 0.5) is 5.82 Å². The molecule has 0 fully saturated rings. The molecule has 0 aliphatic heterocycles. The summed E-state index contributed by atoms with van der Waals surface area (Å²) >= 11 is 0. The Bertz CT molecular complexity index is 568. The van der Waals surface area contributed by atoms with Crippen LogP contribution in [0.25, 0.3) is 11.1 Å². The Balaban J connectivity index is 2.61. The van der Waals surface area contributed by atoms with Crippen molar-refractivity contribution in [2.24, 2.45) is 0 Å². The van der Waals surface area contributed by atoms with Crippen molar-refractivity contribution < 1.29 is 0 Å². The molecular formula is C14H13N3. The zero-order valence-corrected chi connectivity index (χ0v) is 9.86. The van der Waals surface area contributed by atoms with Gasteiger partial charge in [0.15, 0.2) is 0 Å². The van der Waals surface area contributed by atoms with Crippen molar-refractivity contribution >= 4 is 5.82 Å². The Labute approximate surface area is 101 Å². The molecule has 17 heavy (non-hydrogen) atoms. The lowest BCUT2D eigenvalue weighted by molar-refractivity contribution is 1.18. The molecule has 0 radical (unpaired) electrons. The first-order valence-corrected chi connectivity index (χ1v) is 5.41. The number of aromatic nitrogens is 1. The number of anilines is 1. The first-order chi connectivity index (χ1) is 8.26. The van der Waals surface area contributed by atoms with Gasteiger partial charge in [0.25, 0.3) is 0 Å². The molecule has 0 saturated carbocycles. The van der Waals surface area contributed by atoms with Crippen LogP contribution in [-0.2, 0) is 0 Å². The van der Waals surface area contributed by atoms with Gasteiger partial charge in [0.05, 0.1) is 5.56 Å². The molecule has 3 nitrogen and oxygen atoms in total. The van der Waals surface area contributed by atoms with Gasteiger partial charge in [-0.3, -0.25) is 0 Å². The quantitative estimate of drug-likeness (QED) is 0.851. The van der Waals surface area contributed by atoms with Crippen LogP contribution < -0.4 is 5.32 Å². The normalized spacial score (nSPS) is 9.71. The van der Waals surface area contributed by atoms with Crippen molar-refractivity contribution in [3.8, 4) is 17.2 Å². The molecule has 2 aromatic rings. The summed E-state index contributed by atoms with van der Waals surface area (Å²) in [7, 11) is 1.77. The molecule has 0 unspecified atom stereocenters. The number of nitriles is 1. The lowest BCUT2D eigenvalue weighted by atomic mass is 10.0. The SMILES string of the molecule is CNc1nc(C)c(-c2ccccc2)cc1C#N. The van der Waals surface area contributed by atoms with Gasteiger partial charge in [0.1, 0.15) is 11.9 Å². The maximum Gasteiger partial charge on any atom is 0.143 e. The molecule has 84 valence electrons. The minimum atomic E-state index is 0.567. The molecule has 0 aliphatic rings. The Morgan fingerprint density at radius 3 is 2.53 bits per heavy atom. The van der Waals surface area contributed by atoms with E-state index in [1.54, 1.807) is 7.05 Å². The van der Waals surface area contributed by atoms with E-state index >= 15 is 0 Å². The van der Waals surface area contributed by atoms with Gasteiger partial charge in [0, 0.05) is 18.3 Å². The van der Waals surface area contributed by atoms with Gasteiger partial charge in [-0.2, -0.15) is 5.26 Å². The number of benzene rings is 1. The summed E-state index contributed by atoms with van der Waals surface area (Å²) in [6, 6.07) is 14.0. The Morgan fingerprint density at radius 2 is 1.94 bits per heavy atom. The van der Waals surface area contributed by atoms with Crippen molar-refractivity contribution in [2.45, 2.75) is 6.92 Å². The van der Waals surface area contributed by atoms with E-state index in [1.165, 1.54) is 0 Å². The van der Waals surface area contributed by atoms with E-state index < -0.39 is 0 Å². The van der Waals surface area contributed by atoms with Gasteiger partial charge in [-0.25, -0.2) is 4.98 Å². The fourth-order valence-electron chi connectivity index (χ4n) is 1.79. The summed E-state index contributed by atoms with van der Waals surface area (Å²) in [5, 5.41) is 12.0. The van der Waals surface area contributed by atoms with E-state index in [1.807, 2.05) is 43.3 Å². The molecule has 1 heterocycles. The minimum Gasteiger partial charge on any atom is -0.372 e. The van der Waals surface area contributed by atoms with E-state index in [0.29, 0.717) is 11.4 Å². The predicted octanol–water partition coefficient (Wildman–Crippen LogP) is 2.97. The summed E-state index contributed by atoms with van der Waals surface area (Å²) in [5.74, 6) is 0.629. The number of hydrogen-bond donors (Lipinski definition) is 1. The largest absolute Gasteiger partial charge is 0.372 e. The van der Waals surface area contributed by atoms with Crippen LogP contribution in [0.5, 0.6) is 0 Å². The Hall–Kier alpha value is -2.34. The molecule has 2 rings (SSSR count). The molecule has 0 atom stereocenters. The highest BCUT2D eigenvalue weighted by molar-refractivity contribution is 5.70. The molecule has 1 aromatic carbocycles. The molecule has 0 saturated heterocycles. The fourth-order valence-corrected chi connectivity index (χ4v) is 1.79. The summed E-state index contributed by atoms with van der Waals surface area (Å²) in [5.41, 5.74) is 3.56. The van der Waals surface area contributed by atoms with Crippen LogP contribution >= 0.6 is 0 Å². The number of aryl methyl sites for hydroxylation is 1. The zero-order valence-electron chi connectivity index (χ0n) is 9.86. The maximum absolute atomic E-state index is 9.08. The second-order valence-electron chi connectivity index (χ2n) is 3.75. The third kappa shape index (κ3) is 2.11. The van der Waals surface area contributed by atoms with Crippen molar-refractivity contribution in [3.63, 3.8) is 0 Å². The van der Waals surface area contributed by atoms with Crippen LogP contribution in [0, 0.1) is 18.3 Å². The van der Waals surface area contributed by atoms with E-state index in [4.69, 9.17) is 5.26 Å². The molecule has 0 bridgehead atoms. The van der Waals surface area contributed by atoms with Gasteiger partial charge >= 0.3 is 0 Å². The smallest absolute Gasteiger partial charge is 0.143 e. The first-order valence-electron chi connectivity index (χ1n) is 5.41. The standard InChI is InChI=1S/C14H13N3/c1-10-13(11-6-4-3-5-7-11)8-12(9-15)14(16-2)17-10/h3-8H,1-2H3,(H,16,17). The summed E-state index contributed by atoms with van der Waals surface area (Å²) in [6.45, 7) is 1.95. The number of hydrogen-bond acceptors (Lipinski definition) is 3. The van der Waals surface area contributed by atoms with Gasteiger partial charge in [0.2, 0.25) is 0 Å². The fraction of sp³-hybridized carbons (Fsp3) is 0.143.